The molecule has 0 aromatic carbocycles. The molecule has 3 aromatic heterocycles. The Bertz CT molecular complexity index is 1780. The van der Waals surface area contributed by atoms with Crippen LogP contribution >= 0.6 is 23.2 Å². The van der Waals surface area contributed by atoms with Gasteiger partial charge in [0.1, 0.15) is 0 Å². The molecule has 42 heavy (non-hydrogen) atoms. The van der Waals surface area contributed by atoms with Gasteiger partial charge in [0.2, 0.25) is 0 Å². The number of nitrogens with one attached hydrogen (secondary N) is 1. The maximum absolute atomic E-state index is 7.60. The summed E-state index contributed by atoms with van der Waals surface area (Å²) >= 11 is 14.7. The lowest BCUT2D eigenvalue weighted by molar-refractivity contribution is 0.815. The van der Waals surface area contributed by atoms with Gasteiger partial charge in [-0.1, -0.05) is 71.7 Å². The standard InChI is InChI=1S/C36H44Cl2N4/c1-9-20-19-29-30(37)28-18-17-27(39-28)25(14-6)35-23(12-4)24(13-5)36(42(35)16-8)31(38)34-22(11-3)21(10-2)33(41-34)26(15-7)32(20)40-29/h17-19,40H,9-16H2,1-8H3. The minimum atomic E-state index is 0.647. The van der Waals surface area contributed by atoms with E-state index in [9.17, 15) is 0 Å². The molecule has 2 aliphatic rings. The van der Waals surface area contributed by atoms with Gasteiger partial charge in [-0.25, -0.2) is 9.97 Å². The number of rotatable bonds is 8. The van der Waals surface area contributed by atoms with Crippen LogP contribution in [0.5, 0.6) is 0 Å². The van der Waals surface area contributed by atoms with Crippen LogP contribution in [-0.4, -0.2) is 19.5 Å². The summed E-state index contributed by atoms with van der Waals surface area (Å²) in [5, 5.41) is 1.41. The molecule has 0 saturated heterocycles. The molecular formula is C36H44Cl2N4. The van der Waals surface area contributed by atoms with Gasteiger partial charge in [-0.05, 0) is 97.9 Å². The summed E-state index contributed by atoms with van der Waals surface area (Å²) in [6, 6.07) is 2.19. The van der Waals surface area contributed by atoms with Crippen molar-refractivity contribution >= 4 is 68.6 Å². The summed E-state index contributed by atoms with van der Waals surface area (Å²) in [6.45, 7) is 18.6. The zero-order chi connectivity index (χ0) is 30.3. The Hall–Kier alpha value is -2.82. The van der Waals surface area contributed by atoms with Gasteiger partial charge < -0.3 is 9.55 Å². The summed E-state index contributed by atoms with van der Waals surface area (Å²) in [7, 11) is 0. The van der Waals surface area contributed by atoms with Crippen molar-refractivity contribution < 1.29 is 0 Å². The molecular weight excluding hydrogens is 559 g/mol. The molecule has 1 N–H and O–H groups in total. The van der Waals surface area contributed by atoms with E-state index < -0.39 is 0 Å². The van der Waals surface area contributed by atoms with E-state index in [1.54, 1.807) is 0 Å². The van der Waals surface area contributed by atoms with Crippen molar-refractivity contribution in [3.8, 4) is 0 Å². The van der Waals surface area contributed by atoms with Gasteiger partial charge in [0.25, 0.3) is 0 Å². The van der Waals surface area contributed by atoms with E-state index in [0.717, 1.165) is 95.8 Å². The second kappa shape index (κ2) is 12.4. The van der Waals surface area contributed by atoms with Crippen LogP contribution in [0, 0.1) is 0 Å². The molecule has 3 aromatic rings. The van der Waals surface area contributed by atoms with Crippen molar-refractivity contribution in [2.24, 2.45) is 0 Å². The molecule has 0 aliphatic carbocycles. The molecule has 0 saturated carbocycles. The van der Waals surface area contributed by atoms with Crippen LogP contribution in [0.25, 0.3) is 45.4 Å². The van der Waals surface area contributed by atoms with Crippen LogP contribution in [0.4, 0.5) is 0 Å². The van der Waals surface area contributed by atoms with Crippen LogP contribution in [-0.2, 0) is 38.6 Å². The fourth-order valence-electron chi connectivity index (χ4n) is 7.12. The SMILES string of the molecule is CCC1=C(CC)c2nc1c(CC)c1[nH]c(cc1CC)c(Cl)c1nc(c(CC)c3c(CC)c(CC)c(c2Cl)n3CC)C=C1. The molecule has 8 bridgehead atoms. The minimum Gasteiger partial charge on any atom is -0.354 e. The summed E-state index contributed by atoms with van der Waals surface area (Å²) in [6.07, 6.45) is 10.4. The maximum atomic E-state index is 7.60. The largest absolute Gasteiger partial charge is 0.354 e. The first-order valence-corrected chi connectivity index (χ1v) is 16.7. The van der Waals surface area contributed by atoms with Crippen molar-refractivity contribution in [2.45, 2.75) is 107 Å². The molecule has 6 heteroatoms. The Labute approximate surface area is 260 Å². The van der Waals surface area contributed by atoms with Gasteiger partial charge in [-0.15, -0.1) is 0 Å². The number of allylic oxidation sites excluding steroid dienone is 2. The molecule has 0 fully saturated rings. The first-order chi connectivity index (χ1) is 20.3. The van der Waals surface area contributed by atoms with Gasteiger partial charge in [0.05, 0.1) is 49.4 Å². The fourth-order valence-corrected chi connectivity index (χ4v) is 7.70. The van der Waals surface area contributed by atoms with E-state index in [1.807, 2.05) is 0 Å². The topological polar surface area (TPSA) is 46.5 Å². The first-order valence-electron chi connectivity index (χ1n) is 15.9. The number of nitrogens with zero attached hydrogens (tertiary/aromatic N) is 3. The molecule has 0 atom stereocenters. The summed E-state index contributed by atoms with van der Waals surface area (Å²) in [4.78, 5) is 14.3. The zero-order valence-corrected chi connectivity index (χ0v) is 28.0. The van der Waals surface area contributed by atoms with Gasteiger partial charge in [0, 0.05) is 23.2 Å². The highest BCUT2D eigenvalue weighted by Gasteiger charge is 2.27. The van der Waals surface area contributed by atoms with Crippen molar-refractivity contribution in [1.29, 1.82) is 0 Å². The Balaban J connectivity index is 2.18. The van der Waals surface area contributed by atoms with Gasteiger partial charge in [-0.3, -0.25) is 0 Å². The normalized spacial score (nSPS) is 13.1. The minimum absolute atomic E-state index is 0.647. The Morgan fingerprint density at radius 3 is 1.79 bits per heavy atom. The smallest absolute Gasteiger partial charge is 0.0905 e. The van der Waals surface area contributed by atoms with Crippen molar-refractivity contribution in [1.82, 2.24) is 19.5 Å². The highest BCUT2D eigenvalue weighted by Crippen LogP contribution is 2.43. The van der Waals surface area contributed by atoms with Crippen LogP contribution in [0.2, 0.25) is 10.0 Å². The molecule has 0 unspecified atom stereocenters. The predicted octanol–water partition coefficient (Wildman–Crippen LogP) is 10.8. The number of H-pyrrole nitrogens is 1. The molecule has 2 aliphatic heterocycles. The van der Waals surface area contributed by atoms with Crippen LogP contribution < -0.4 is 0 Å². The first kappa shape index (κ1) is 30.6. The third kappa shape index (κ3) is 4.66. The van der Waals surface area contributed by atoms with E-state index in [-0.39, 0.29) is 0 Å². The highest BCUT2D eigenvalue weighted by molar-refractivity contribution is 6.36. The van der Waals surface area contributed by atoms with Gasteiger partial charge >= 0.3 is 0 Å². The number of fused-ring (bicyclic) bond motifs is 8. The monoisotopic (exact) mass is 602 g/mol. The number of aromatic amines is 1. The number of aryl methyl sites for hydroxylation is 6. The van der Waals surface area contributed by atoms with Gasteiger partial charge in [-0.2, -0.15) is 0 Å². The Morgan fingerprint density at radius 1 is 0.619 bits per heavy atom. The molecule has 0 radical (unpaired) electrons. The summed E-state index contributed by atoms with van der Waals surface area (Å²) in [5.74, 6) is 0. The molecule has 222 valence electrons. The van der Waals surface area contributed by atoms with Crippen LogP contribution in [0.1, 0.15) is 119 Å². The van der Waals surface area contributed by atoms with Crippen LogP contribution in [0.3, 0.4) is 0 Å². The van der Waals surface area contributed by atoms with E-state index in [2.05, 4.69) is 83.2 Å². The molecule has 0 amide bonds. The Morgan fingerprint density at radius 2 is 1.21 bits per heavy atom. The molecule has 5 heterocycles. The van der Waals surface area contributed by atoms with E-state index >= 15 is 0 Å². The van der Waals surface area contributed by atoms with Gasteiger partial charge in [0.15, 0.2) is 0 Å². The average Bonchev–Trinajstić information content (AvgIpc) is 3.79. The molecule has 0 spiro atoms. The lowest BCUT2D eigenvalue weighted by Crippen LogP contribution is -2.00. The quantitative estimate of drug-likeness (QED) is 0.218. The summed E-state index contributed by atoms with van der Waals surface area (Å²) < 4.78 is 2.43. The summed E-state index contributed by atoms with van der Waals surface area (Å²) in [5.41, 5.74) is 17.1. The second-order valence-electron chi connectivity index (χ2n) is 11.0. The second-order valence-corrected chi connectivity index (χ2v) is 11.8. The molecule has 5 rings (SSSR count). The number of aromatic nitrogens is 4. The lowest BCUT2D eigenvalue weighted by Gasteiger charge is -2.10. The lowest BCUT2D eigenvalue weighted by atomic mass is 9.96. The predicted molar refractivity (Wildman–Crippen MR) is 184 cm³/mol. The average molecular weight is 604 g/mol. The number of hydrogen-bond donors (Lipinski definition) is 1. The van der Waals surface area contributed by atoms with E-state index in [4.69, 9.17) is 33.2 Å². The number of halogens is 2. The van der Waals surface area contributed by atoms with Crippen molar-refractivity contribution in [3.63, 3.8) is 0 Å². The maximum Gasteiger partial charge on any atom is 0.0905 e. The van der Waals surface area contributed by atoms with E-state index in [1.165, 1.54) is 44.5 Å². The van der Waals surface area contributed by atoms with Crippen LogP contribution in [0.15, 0.2) is 6.07 Å². The van der Waals surface area contributed by atoms with Crippen molar-refractivity contribution in [3.05, 3.63) is 66.7 Å². The van der Waals surface area contributed by atoms with Crippen molar-refractivity contribution in [2.75, 3.05) is 0 Å². The number of hydrogen-bond acceptors (Lipinski definition) is 2. The fraction of sp³-hybridized carbons (Fsp3) is 0.444. The van der Waals surface area contributed by atoms with E-state index in [0.29, 0.717) is 5.02 Å². The Kier molecular flexibility index (Phi) is 9.06. The zero-order valence-electron chi connectivity index (χ0n) is 26.5. The molecule has 4 nitrogen and oxygen atoms in total. The third-order valence-electron chi connectivity index (χ3n) is 9.05. The highest BCUT2D eigenvalue weighted by atomic mass is 35.5. The third-order valence-corrected chi connectivity index (χ3v) is 9.81.